The number of carboxylic acid groups (broad SMARTS) is 3. The van der Waals surface area contributed by atoms with Crippen LogP contribution in [-0.2, 0) is 0 Å². The van der Waals surface area contributed by atoms with Crippen LogP contribution in [0.1, 0.15) is 0 Å². The molecule has 1 heterocycles. The molecule has 12 nitrogen and oxygen atoms in total. The number of amidine groups is 1. The maximum atomic E-state index is 10.4. The first-order valence-electron chi connectivity index (χ1n) is 4.23. The van der Waals surface area contributed by atoms with Crippen molar-refractivity contribution < 1.29 is 29.7 Å². The maximum absolute atomic E-state index is 10.4. The smallest absolute Gasteiger partial charge is 0.426 e. The molecule has 0 aromatic carbocycles. The summed E-state index contributed by atoms with van der Waals surface area (Å²) in [7, 11) is 0. The fourth-order valence-corrected chi connectivity index (χ4v) is 0.938. The minimum Gasteiger partial charge on any atom is -0.465 e. The van der Waals surface area contributed by atoms with E-state index < -0.39 is 18.3 Å². The van der Waals surface area contributed by atoms with Gasteiger partial charge in [-0.2, -0.15) is 5.43 Å². The lowest BCUT2D eigenvalue weighted by molar-refractivity contribution is 0.109. The molecule has 0 saturated carbocycles. The molecule has 12 heteroatoms. The van der Waals surface area contributed by atoms with Crippen molar-refractivity contribution >= 4 is 24.1 Å². The molecule has 1 aliphatic heterocycles. The quantitative estimate of drug-likeness (QED) is 0.319. The predicted octanol–water partition coefficient (Wildman–Crippen LogP) is -1.32. The highest BCUT2D eigenvalue weighted by atomic mass is 16.4. The van der Waals surface area contributed by atoms with Gasteiger partial charge < -0.3 is 15.3 Å². The zero-order chi connectivity index (χ0) is 13.7. The molecular formula is C6H8N6O6. The first-order chi connectivity index (χ1) is 8.36. The Morgan fingerprint density at radius 2 is 1.72 bits per heavy atom. The minimum absolute atomic E-state index is 0.199. The third-order valence-corrected chi connectivity index (χ3v) is 1.39. The van der Waals surface area contributed by atoms with E-state index in [1.165, 1.54) is 0 Å². The fraction of sp³-hybridized carbons (Fsp3) is 0. The van der Waals surface area contributed by atoms with Crippen molar-refractivity contribution in [2.75, 3.05) is 0 Å². The first kappa shape index (κ1) is 12.9. The molecule has 0 spiro atoms. The van der Waals surface area contributed by atoms with E-state index in [0.29, 0.717) is 5.23 Å². The Morgan fingerprint density at radius 1 is 1.11 bits per heavy atom. The third-order valence-electron chi connectivity index (χ3n) is 1.39. The number of hydrogen-bond donors (Lipinski definition) is 7. The van der Waals surface area contributed by atoms with E-state index in [1.807, 2.05) is 10.6 Å². The van der Waals surface area contributed by atoms with E-state index in [1.54, 1.807) is 5.43 Å². The Labute approximate surface area is 98.5 Å². The number of carbonyl (C=O) groups is 3. The summed E-state index contributed by atoms with van der Waals surface area (Å²) in [5.41, 5.74) is 3.94. The van der Waals surface area contributed by atoms with Gasteiger partial charge in [0.15, 0.2) is 5.84 Å². The molecule has 0 unspecified atom stereocenters. The number of hydrazone groups is 1. The molecule has 7 N–H and O–H groups in total. The van der Waals surface area contributed by atoms with Gasteiger partial charge in [0.05, 0.1) is 0 Å². The lowest BCUT2D eigenvalue weighted by atomic mass is 10.5. The summed E-state index contributed by atoms with van der Waals surface area (Å²) < 4.78 is 0. The number of nitrogens with one attached hydrogen (secondary N) is 4. The van der Waals surface area contributed by atoms with E-state index >= 15 is 0 Å². The summed E-state index contributed by atoms with van der Waals surface area (Å²) in [6, 6.07) is 0. The van der Waals surface area contributed by atoms with E-state index in [0.717, 1.165) is 6.08 Å². The first-order valence-corrected chi connectivity index (χ1v) is 4.23. The van der Waals surface area contributed by atoms with Crippen LogP contribution in [0.4, 0.5) is 14.4 Å². The molecule has 0 fully saturated rings. The van der Waals surface area contributed by atoms with E-state index in [-0.39, 0.29) is 11.7 Å². The van der Waals surface area contributed by atoms with Crippen LogP contribution in [0.5, 0.6) is 0 Å². The summed E-state index contributed by atoms with van der Waals surface area (Å²) in [6.07, 6.45) is -3.35. The monoisotopic (exact) mass is 260 g/mol. The highest BCUT2D eigenvalue weighted by molar-refractivity contribution is 6.02. The highest BCUT2D eigenvalue weighted by Crippen LogP contribution is 1.97. The minimum atomic E-state index is -1.49. The van der Waals surface area contributed by atoms with E-state index in [9.17, 15) is 14.4 Å². The van der Waals surface area contributed by atoms with Gasteiger partial charge >= 0.3 is 18.3 Å². The van der Waals surface area contributed by atoms with Crippen molar-refractivity contribution in [1.82, 2.24) is 26.7 Å². The van der Waals surface area contributed by atoms with Crippen LogP contribution < -0.4 is 21.5 Å². The van der Waals surface area contributed by atoms with Crippen molar-refractivity contribution in [3.63, 3.8) is 0 Å². The van der Waals surface area contributed by atoms with Gasteiger partial charge in [-0.25, -0.2) is 19.8 Å². The Morgan fingerprint density at radius 3 is 2.22 bits per heavy atom. The molecule has 0 aliphatic carbocycles. The lowest BCUT2D eigenvalue weighted by Gasteiger charge is -2.25. The molecule has 0 saturated heterocycles. The molecule has 0 radical (unpaired) electrons. The molecule has 0 bridgehead atoms. The standard InChI is InChI=1S/C6H8N6O6/c13-4(14)7-2-1-3(8-5(15)16)10-12(9-2)11-6(17)18/h1,7,9,11H,(H,8,10)(H,13,14)(H,15,16)(H,17,18). The maximum Gasteiger partial charge on any atom is 0.426 e. The van der Waals surface area contributed by atoms with Gasteiger partial charge in [-0.15, -0.1) is 10.3 Å². The fourth-order valence-electron chi connectivity index (χ4n) is 0.938. The molecule has 0 aromatic heterocycles. The molecule has 1 aliphatic rings. The summed E-state index contributed by atoms with van der Waals surface area (Å²) in [4.78, 5) is 31.2. The number of nitrogens with zero attached hydrogens (tertiary/aromatic N) is 2. The number of rotatable bonds is 2. The van der Waals surface area contributed by atoms with Crippen molar-refractivity contribution in [2.45, 2.75) is 0 Å². The molecular weight excluding hydrogens is 252 g/mol. The van der Waals surface area contributed by atoms with Crippen LogP contribution in [0, 0.1) is 0 Å². The molecule has 3 amide bonds. The Kier molecular flexibility index (Phi) is 3.75. The second kappa shape index (κ2) is 5.24. The van der Waals surface area contributed by atoms with Gasteiger partial charge in [-0.3, -0.25) is 10.6 Å². The largest absolute Gasteiger partial charge is 0.465 e. The van der Waals surface area contributed by atoms with Gasteiger partial charge in [0.2, 0.25) is 0 Å². The van der Waals surface area contributed by atoms with Crippen LogP contribution in [-0.4, -0.2) is 44.7 Å². The summed E-state index contributed by atoms with van der Waals surface area (Å²) in [5, 5.41) is 33.1. The van der Waals surface area contributed by atoms with Crippen LogP contribution >= 0.6 is 0 Å². The normalized spacial score (nSPS) is 13.7. The van der Waals surface area contributed by atoms with Gasteiger partial charge in [0, 0.05) is 6.08 Å². The molecule has 1 rings (SSSR count). The number of amides is 3. The topological polar surface area (TPSA) is 176 Å². The van der Waals surface area contributed by atoms with Gasteiger partial charge in [0.25, 0.3) is 0 Å². The zero-order valence-corrected chi connectivity index (χ0v) is 8.54. The summed E-state index contributed by atoms with van der Waals surface area (Å²) in [5.74, 6) is -0.492. The Bertz CT molecular complexity index is 444. The van der Waals surface area contributed by atoms with Crippen LogP contribution in [0.3, 0.4) is 0 Å². The van der Waals surface area contributed by atoms with Gasteiger partial charge in [-0.1, -0.05) is 0 Å². The SMILES string of the molecule is O=C(O)NC1=CC(NC(=O)O)=NN(NC(=O)O)N1. The van der Waals surface area contributed by atoms with Crippen molar-refractivity contribution in [2.24, 2.45) is 5.10 Å². The van der Waals surface area contributed by atoms with Crippen molar-refractivity contribution in [1.29, 1.82) is 0 Å². The van der Waals surface area contributed by atoms with E-state index in [4.69, 9.17) is 15.3 Å². The molecule has 0 aromatic rings. The van der Waals surface area contributed by atoms with Gasteiger partial charge in [0.1, 0.15) is 5.82 Å². The second-order valence-electron chi connectivity index (χ2n) is 2.74. The third kappa shape index (κ3) is 4.13. The number of hydrogen-bond acceptors (Lipinski definition) is 6. The number of hydrazine groups is 2. The van der Waals surface area contributed by atoms with Crippen LogP contribution in [0.15, 0.2) is 17.0 Å². The lowest BCUT2D eigenvalue weighted by Crippen LogP contribution is -2.53. The molecule has 0 atom stereocenters. The van der Waals surface area contributed by atoms with Crippen LogP contribution in [0.25, 0.3) is 0 Å². The Balaban J connectivity index is 2.84. The average molecular weight is 260 g/mol. The van der Waals surface area contributed by atoms with E-state index in [2.05, 4.69) is 10.5 Å². The molecule has 18 heavy (non-hydrogen) atoms. The van der Waals surface area contributed by atoms with Crippen molar-refractivity contribution in [3.05, 3.63) is 11.9 Å². The molecule has 98 valence electrons. The average Bonchev–Trinajstić information content (AvgIpc) is 2.12. The predicted molar refractivity (Wildman–Crippen MR) is 54.0 cm³/mol. The van der Waals surface area contributed by atoms with Gasteiger partial charge in [-0.05, 0) is 0 Å². The van der Waals surface area contributed by atoms with Crippen LogP contribution in [0.2, 0.25) is 0 Å². The second-order valence-corrected chi connectivity index (χ2v) is 2.74. The summed E-state index contributed by atoms with van der Waals surface area (Å²) >= 11 is 0. The highest BCUT2D eigenvalue weighted by Gasteiger charge is 2.17. The summed E-state index contributed by atoms with van der Waals surface area (Å²) in [6.45, 7) is 0. The Hall–Kier alpha value is -3.18. The zero-order valence-electron chi connectivity index (χ0n) is 8.54. The van der Waals surface area contributed by atoms with Crippen molar-refractivity contribution in [3.8, 4) is 0 Å².